The highest BCUT2D eigenvalue weighted by molar-refractivity contribution is 5.95. The van der Waals surface area contributed by atoms with Crippen LogP contribution in [0.2, 0.25) is 0 Å². The lowest BCUT2D eigenvalue weighted by atomic mass is 10.0. The Bertz CT molecular complexity index is 1600. The smallest absolute Gasteiger partial charge is 0.269 e. The van der Waals surface area contributed by atoms with Crippen LogP contribution in [-0.2, 0) is 17.8 Å². The van der Waals surface area contributed by atoms with E-state index in [1.54, 1.807) is 37.0 Å². The molecule has 36 heavy (non-hydrogen) atoms. The van der Waals surface area contributed by atoms with Gasteiger partial charge < -0.3 is 19.1 Å². The van der Waals surface area contributed by atoms with Crippen LogP contribution in [0.15, 0.2) is 95.2 Å². The summed E-state index contributed by atoms with van der Waals surface area (Å²) in [6.45, 7) is 0.447. The highest BCUT2D eigenvalue weighted by Crippen LogP contribution is 2.39. The first-order chi connectivity index (χ1) is 17.6. The standard InChI is InChI=1S/C29H25N3O4/c1-35-25-15-14-19(16-26(25)36-2)17-27(33)30-31-28-23-12-5-6-13-24(23)32(29(28)34)18-21-10-7-9-20-8-3-4-11-22(20)21/h3-16,34H,17-18H2,1-2H3. The van der Waals surface area contributed by atoms with Crippen LogP contribution < -0.4 is 9.47 Å². The number of amides is 1. The molecule has 5 rings (SSSR count). The second-order valence-electron chi connectivity index (χ2n) is 8.37. The maximum atomic E-state index is 12.6. The van der Waals surface area contributed by atoms with Gasteiger partial charge in [0.15, 0.2) is 17.2 Å². The summed E-state index contributed by atoms with van der Waals surface area (Å²) >= 11 is 0. The summed E-state index contributed by atoms with van der Waals surface area (Å²) in [5.74, 6) is 0.646. The fraction of sp³-hybridized carbons (Fsp3) is 0.138. The molecular formula is C29H25N3O4. The molecule has 1 aromatic heterocycles. The highest BCUT2D eigenvalue weighted by atomic mass is 16.5. The molecule has 0 bridgehead atoms. The Hall–Kier alpha value is -4.65. The van der Waals surface area contributed by atoms with Gasteiger partial charge in [-0.1, -0.05) is 66.7 Å². The van der Waals surface area contributed by atoms with E-state index in [1.165, 1.54) is 0 Å². The number of azo groups is 1. The maximum absolute atomic E-state index is 12.6. The summed E-state index contributed by atoms with van der Waals surface area (Å²) in [4.78, 5) is 12.6. The Morgan fingerprint density at radius 2 is 1.58 bits per heavy atom. The zero-order valence-corrected chi connectivity index (χ0v) is 20.0. The molecule has 0 radical (unpaired) electrons. The van der Waals surface area contributed by atoms with Crippen molar-refractivity contribution in [2.75, 3.05) is 14.2 Å². The van der Waals surface area contributed by atoms with E-state index in [9.17, 15) is 9.90 Å². The molecule has 0 aliphatic heterocycles. The first-order valence-corrected chi connectivity index (χ1v) is 11.5. The third-order valence-electron chi connectivity index (χ3n) is 6.19. The Kier molecular flexibility index (Phi) is 6.36. The maximum Gasteiger partial charge on any atom is 0.269 e. The highest BCUT2D eigenvalue weighted by Gasteiger charge is 2.18. The van der Waals surface area contributed by atoms with Gasteiger partial charge in [-0.05, 0) is 40.1 Å². The fourth-order valence-electron chi connectivity index (χ4n) is 4.44. The molecule has 0 unspecified atom stereocenters. The molecule has 7 nitrogen and oxygen atoms in total. The van der Waals surface area contributed by atoms with Crippen LogP contribution in [0.5, 0.6) is 17.4 Å². The molecule has 180 valence electrons. The number of para-hydroxylation sites is 1. The van der Waals surface area contributed by atoms with E-state index in [0.29, 0.717) is 18.0 Å². The topological polar surface area (TPSA) is 85.4 Å². The monoisotopic (exact) mass is 479 g/mol. The lowest BCUT2D eigenvalue weighted by Crippen LogP contribution is -2.00. The quantitative estimate of drug-likeness (QED) is 0.273. The van der Waals surface area contributed by atoms with Crippen LogP contribution in [0.3, 0.4) is 0 Å². The predicted octanol–water partition coefficient (Wildman–Crippen LogP) is 6.42. The van der Waals surface area contributed by atoms with Crippen molar-refractivity contribution in [3.05, 3.63) is 96.1 Å². The van der Waals surface area contributed by atoms with E-state index in [4.69, 9.17) is 9.47 Å². The molecular weight excluding hydrogens is 454 g/mol. The molecule has 4 aromatic carbocycles. The molecule has 1 heterocycles. The molecule has 0 aliphatic rings. The van der Waals surface area contributed by atoms with Crippen molar-refractivity contribution in [2.24, 2.45) is 10.2 Å². The lowest BCUT2D eigenvalue weighted by Gasteiger charge is -2.10. The zero-order chi connectivity index (χ0) is 25.1. The van der Waals surface area contributed by atoms with Gasteiger partial charge in [-0.2, -0.15) is 0 Å². The van der Waals surface area contributed by atoms with Gasteiger partial charge in [0, 0.05) is 5.39 Å². The summed E-state index contributed by atoms with van der Waals surface area (Å²) in [6.07, 6.45) is 0.0409. The molecule has 0 aliphatic carbocycles. The van der Waals surface area contributed by atoms with Gasteiger partial charge in [0.2, 0.25) is 5.88 Å². The normalized spacial score (nSPS) is 11.4. The van der Waals surface area contributed by atoms with Gasteiger partial charge in [-0.3, -0.25) is 4.79 Å². The van der Waals surface area contributed by atoms with Gasteiger partial charge in [0.25, 0.3) is 5.91 Å². The second-order valence-corrected chi connectivity index (χ2v) is 8.37. The third kappa shape index (κ3) is 4.38. The summed E-state index contributed by atoms with van der Waals surface area (Å²) < 4.78 is 12.3. The first-order valence-electron chi connectivity index (χ1n) is 11.5. The van der Waals surface area contributed by atoms with E-state index in [0.717, 1.165) is 32.8 Å². The number of hydrogen-bond acceptors (Lipinski definition) is 5. The molecule has 0 fully saturated rings. The number of benzene rings is 4. The van der Waals surface area contributed by atoms with Crippen LogP contribution in [0, 0.1) is 0 Å². The van der Waals surface area contributed by atoms with E-state index >= 15 is 0 Å². The molecule has 0 atom stereocenters. The van der Waals surface area contributed by atoms with Crippen molar-refractivity contribution in [3.8, 4) is 17.4 Å². The third-order valence-corrected chi connectivity index (χ3v) is 6.19. The Labute approximate surface area is 208 Å². The molecule has 7 heteroatoms. The average Bonchev–Trinajstić information content (AvgIpc) is 3.18. The minimum atomic E-state index is -0.437. The number of ether oxygens (including phenoxy) is 2. The van der Waals surface area contributed by atoms with Gasteiger partial charge in [0.05, 0.1) is 32.7 Å². The van der Waals surface area contributed by atoms with Gasteiger partial charge in [-0.15, -0.1) is 10.2 Å². The van der Waals surface area contributed by atoms with Gasteiger partial charge >= 0.3 is 0 Å². The second kappa shape index (κ2) is 9.92. The van der Waals surface area contributed by atoms with Gasteiger partial charge in [-0.25, -0.2) is 0 Å². The predicted molar refractivity (Wildman–Crippen MR) is 139 cm³/mol. The Balaban J connectivity index is 1.45. The number of carbonyl (C=O) groups is 1. The fourth-order valence-corrected chi connectivity index (χ4v) is 4.44. The zero-order valence-electron chi connectivity index (χ0n) is 20.0. The van der Waals surface area contributed by atoms with Crippen LogP contribution >= 0.6 is 0 Å². The van der Waals surface area contributed by atoms with Crippen molar-refractivity contribution in [1.29, 1.82) is 0 Å². The summed E-state index contributed by atoms with van der Waals surface area (Å²) in [6, 6.07) is 27.1. The van der Waals surface area contributed by atoms with Crippen LogP contribution in [-0.4, -0.2) is 29.8 Å². The molecule has 5 aromatic rings. The average molecular weight is 480 g/mol. The number of aromatic nitrogens is 1. The Morgan fingerprint density at radius 1 is 0.861 bits per heavy atom. The van der Waals surface area contributed by atoms with E-state index < -0.39 is 5.91 Å². The first kappa shape index (κ1) is 23.1. The summed E-state index contributed by atoms with van der Waals surface area (Å²) in [5, 5.41) is 22.2. The number of methoxy groups -OCH3 is 2. The Morgan fingerprint density at radius 3 is 2.39 bits per heavy atom. The van der Waals surface area contributed by atoms with Crippen molar-refractivity contribution in [3.63, 3.8) is 0 Å². The van der Waals surface area contributed by atoms with Crippen LogP contribution in [0.25, 0.3) is 21.7 Å². The number of nitrogens with zero attached hydrogens (tertiary/aromatic N) is 3. The number of hydrogen-bond donors (Lipinski definition) is 1. The largest absolute Gasteiger partial charge is 0.493 e. The van der Waals surface area contributed by atoms with E-state index in [1.807, 2.05) is 48.5 Å². The minimum Gasteiger partial charge on any atom is -0.493 e. The van der Waals surface area contributed by atoms with Crippen LogP contribution in [0.4, 0.5) is 5.69 Å². The molecule has 0 saturated carbocycles. The molecule has 1 amide bonds. The van der Waals surface area contributed by atoms with Crippen LogP contribution in [0.1, 0.15) is 11.1 Å². The molecule has 0 saturated heterocycles. The number of fused-ring (bicyclic) bond motifs is 2. The van der Waals surface area contributed by atoms with Gasteiger partial charge in [0.1, 0.15) is 0 Å². The summed E-state index contributed by atoms with van der Waals surface area (Å²) in [7, 11) is 3.10. The van der Waals surface area contributed by atoms with Crippen molar-refractivity contribution >= 4 is 33.3 Å². The number of rotatable bonds is 7. The molecule has 1 N–H and O–H groups in total. The number of carbonyl (C=O) groups excluding carboxylic acids is 1. The van der Waals surface area contributed by atoms with E-state index in [-0.39, 0.29) is 18.0 Å². The van der Waals surface area contributed by atoms with Crippen molar-refractivity contribution in [1.82, 2.24) is 4.57 Å². The lowest BCUT2D eigenvalue weighted by molar-refractivity contribution is -0.117. The SMILES string of the molecule is COc1ccc(CC(=O)N=Nc2c(O)n(Cc3cccc4ccccc34)c3ccccc23)cc1OC. The van der Waals surface area contributed by atoms with E-state index in [2.05, 4.69) is 28.4 Å². The molecule has 0 spiro atoms. The van der Waals surface area contributed by atoms with Crippen molar-refractivity contribution in [2.45, 2.75) is 13.0 Å². The minimum absolute atomic E-state index is 0.0354. The van der Waals surface area contributed by atoms with Crippen molar-refractivity contribution < 1.29 is 19.4 Å². The summed E-state index contributed by atoms with van der Waals surface area (Å²) in [5.41, 5.74) is 2.87. The number of aromatic hydroxyl groups is 1.